The summed E-state index contributed by atoms with van der Waals surface area (Å²) in [5.41, 5.74) is 3.74. The molecule has 4 nitrogen and oxygen atoms in total. The average Bonchev–Trinajstić information content (AvgIpc) is 3.01. The van der Waals surface area contributed by atoms with E-state index in [1.807, 2.05) is 22.8 Å². The van der Waals surface area contributed by atoms with Crippen LogP contribution >= 0.6 is 0 Å². The van der Waals surface area contributed by atoms with Crippen molar-refractivity contribution in [1.82, 2.24) is 4.57 Å². The van der Waals surface area contributed by atoms with Crippen LogP contribution in [0.1, 0.15) is 41.3 Å². The van der Waals surface area contributed by atoms with Gasteiger partial charge in [-0.1, -0.05) is 32.0 Å². The van der Waals surface area contributed by atoms with Gasteiger partial charge in [-0.15, -0.1) is 0 Å². The lowest BCUT2D eigenvalue weighted by atomic mass is 9.99. The minimum Gasteiger partial charge on any atom is -0.507 e. The summed E-state index contributed by atoms with van der Waals surface area (Å²) in [6.45, 7) is 4.52. The van der Waals surface area contributed by atoms with Gasteiger partial charge in [0.15, 0.2) is 0 Å². The summed E-state index contributed by atoms with van der Waals surface area (Å²) in [5.74, 6) is -0.437. The molecule has 5 heteroatoms. The molecule has 0 fully saturated rings. The lowest BCUT2D eigenvalue weighted by Crippen LogP contribution is -2.03. The summed E-state index contributed by atoms with van der Waals surface area (Å²) in [5, 5.41) is 12.1. The zero-order chi connectivity index (χ0) is 20.7. The van der Waals surface area contributed by atoms with E-state index in [0.717, 1.165) is 22.2 Å². The molecule has 0 atom stereocenters. The van der Waals surface area contributed by atoms with Crippen LogP contribution in [-0.4, -0.2) is 22.8 Å². The van der Waals surface area contributed by atoms with Crippen molar-refractivity contribution in [2.75, 3.05) is 7.11 Å². The maximum Gasteiger partial charge on any atom is 0.338 e. The van der Waals surface area contributed by atoms with Gasteiger partial charge in [0.25, 0.3) is 0 Å². The van der Waals surface area contributed by atoms with Gasteiger partial charge in [-0.2, -0.15) is 0 Å². The van der Waals surface area contributed by atoms with Crippen LogP contribution in [0.3, 0.4) is 0 Å². The number of halogens is 1. The largest absolute Gasteiger partial charge is 0.507 e. The SMILES string of the molecule is COC(=O)c1cccc2c1c1c(O)cc(C(C)C)cc1n2Cc1cccc(F)c1. The summed E-state index contributed by atoms with van der Waals surface area (Å²) < 4.78 is 20.7. The van der Waals surface area contributed by atoms with Crippen molar-refractivity contribution >= 4 is 27.8 Å². The molecule has 0 unspecified atom stereocenters. The van der Waals surface area contributed by atoms with Crippen LogP contribution in [0.4, 0.5) is 4.39 Å². The lowest BCUT2D eigenvalue weighted by Gasteiger charge is -2.11. The third-order valence-corrected chi connectivity index (χ3v) is 5.29. The second-order valence-electron chi connectivity index (χ2n) is 7.50. The van der Waals surface area contributed by atoms with Crippen LogP contribution in [0.5, 0.6) is 5.75 Å². The van der Waals surface area contributed by atoms with Crippen molar-refractivity contribution in [3.05, 3.63) is 77.1 Å². The molecule has 3 aromatic carbocycles. The number of phenolic OH excluding ortho intramolecular Hbond substituents is 1. The first-order valence-corrected chi connectivity index (χ1v) is 9.51. The van der Waals surface area contributed by atoms with E-state index in [2.05, 4.69) is 13.8 Å². The number of ether oxygens (including phenoxy) is 1. The van der Waals surface area contributed by atoms with Crippen LogP contribution < -0.4 is 0 Å². The van der Waals surface area contributed by atoms with E-state index in [1.54, 1.807) is 24.3 Å². The van der Waals surface area contributed by atoms with Crippen molar-refractivity contribution in [2.45, 2.75) is 26.3 Å². The number of carbonyl (C=O) groups excluding carboxylic acids is 1. The number of benzene rings is 3. The molecule has 0 saturated heterocycles. The highest BCUT2D eigenvalue weighted by Crippen LogP contribution is 2.39. The summed E-state index contributed by atoms with van der Waals surface area (Å²) in [6, 6.07) is 15.6. The number of esters is 1. The van der Waals surface area contributed by atoms with Crippen LogP contribution in [0.2, 0.25) is 0 Å². The van der Waals surface area contributed by atoms with Crippen LogP contribution in [-0.2, 0) is 11.3 Å². The molecule has 0 radical (unpaired) electrons. The first-order valence-electron chi connectivity index (χ1n) is 9.51. The van der Waals surface area contributed by atoms with Gasteiger partial charge in [-0.25, -0.2) is 9.18 Å². The third kappa shape index (κ3) is 3.23. The second kappa shape index (κ2) is 7.24. The number of rotatable bonds is 4. The average molecular weight is 391 g/mol. The summed E-state index contributed by atoms with van der Waals surface area (Å²) >= 11 is 0. The van der Waals surface area contributed by atoms with Crippen LogP contribution in [0.25, 0.3) is 21.8 Å². The molecule has 0 amide bonds. The minimum absolute atomic E-state index is 0.116. The Balaban J connectivity index is 2.10. The molecular weight excluding hydrogens is 369 g/mol. The molecule has 1 aromatic heterocycles. The van der Waals surface area contributed by atoms with E-state index in [1.165, 1.54) is 19.2 Å². The van der Waals surface area contributed by atoms with E-state index in [4.69, 9.17) is 4.74 Å². The predicted octanol–water partition coefficient (Wildman–Crippen LogP) is 5.60. The highest BCUT2D eigenvalue weighted by molar-refractivity contribution is 6.19. The summed E-state index contributed by atoms with van der Waals surface area (Å²) in [7, 11) is 1.34. The Bertz CT molecular complexity index is 1240. The number of phenols is 1. The molecule has 4 aromatic rings. The Morgan fingerprint density at radius 2 is 1.83 bits per heavy atom. The number of fused-ring (bicyclic) bond motifs is 3. The van der Waals surface area contributed by atoms with Gasteiger partial charge in [0.1, 0.15) is 11.6 Å². The maximum atomic E-state index is 13.8. The van der Waals surface area contributed by atoms with Gasteiger partial charge in [0.2, 0.25) is 0 Å². The molecule has 0 aliphatic carbocycles. The third-order valence-electron chi connectivity index (χ3n) is 5.29. The van der Waals surface area contributed by atoms with Gasteiger partial charge in [-0.3, -0.25) is 0 Å². The topological polar surface area (TPSA) is 51.5 Å². The van der Waals surface area contributed by atoms with E-state index in [-0.39, 0.29) is 17.5 Å². The number of hydrogen-bond acceptors (Lipinski definition) is 3. The highest BCUT2D eigenvalue weighted by atomic mass is 19.1. The number of aromatic hydroxyl groups is 1. The van der Waals surface area contributed by atoms with E-state index in [0.29, 0.717) is 22.9 Å². The number of carbonyl (C=O) groups is 1. The molecule has 0 aliphatic rings. The first kappa shape index (κ1) is 19.0. The van der Waals surface area contributed by atoms with Gasteiger partial charge >= 0.3 is 5.97 Å². The Morgan fingerprint density at radius 1 is 1.07 bits per heavy atom. The van der Waals surface area contributed by atoms with Gasteiger partial charge in [0, 0.05) is 11.9 Å². The molecule has 1 heterocycles. The minimum atomic E-state index is -0.465. The zero-order valence-corrected chi connectivity index (χ0v) is 16.6. The molecule has 0 spiro atoms. The molecule has 0 aliphatic heterocycles. The smallest absolute Gasteiger partial charge is 0.338 e. The van der Waals surface area contributed by atoms with Crippen molar-refractivity contribution in [3.8, 4) is 5.75 Å². The quantitative estimate of drug-likeness (QED) is 0.461. The molecule has 0 saturated carbocycles. The normalized spacial score (nSPS) is 11.5. The Hall–Kier alpha value is -3.34. The van der Waals surface area contributed by atoms with Gasteiger partial charge in [0.05, 0.1) is 29.1 Å². The first-order chi connectivity index (χ1) is 13.9. The molecule has 148 valence electrons. The number of aromatic nitrogens is 1. The fourth-order valence-corrected chi connectivity index (χ4v) is 3.86. The number of methoxy groups -OCH3 is 1. The Morgan fingerprint density at radius 3 is 2.52 bits per heavy atom. The zero-order valence-electron chi connectivity index (χ0n) is 16.6. The van der Waals surface area contributed by atoms with Crippen molar-refractivity contribution in [1.29, 1.82) is 0 Å². The van der Waals surface area contributed by atoms with Crippen LogP contribution in [0, 0.1) is 5.82 Å². The van der Waals surface area contributed by atoms with Crippen molar-refractivity contribution < 1.29 is 19.0 Å². The van der Waals surface area contributed by atoms with Crippen molar-refractivity contribution in [2.24, 2.45) is 0 Å². The van der Waals surface area contributed by atoms with Crippen LogP contribution in [0.15, 0.2) is 54.6 Å². The van der Waals surface area contributed by atoms with E-state index >= 15 is 0 Å². The predicted molar refractivity (Wildman–Crippen MR) is 112 cm³/mol. The molecule has 1 N–H and O–H groups in total. The monoisotopic (exact) mass is 391 g/mol. The highest BCUT2D eigenvalue weighted by Gasteiger charge is 2.21. The molecule has 4 rings (SSSR count). The standard InChI is InChI=1S/C24H22FNO3/c1-14(2)16-11-20-23(21(27)12-16)22-18(24(28)29-3)8-5-9-19(22)26(20)13-15-6-4-7-17(25)10-15/h4-12,14,27H,13H2,1-3H3. The number of hydrogen-bond donors (Lipinski definition) is 1. The fourth-order valence-electron chi connectivity index (χ4n) is 3.86. The lowest BCUT2D eigenvalue weighted by molar-refractivity contribution is 0.0603. The molecular formula is C24H22FNO3. The Kier molecular flexibility index (Phi) is 4.74. The maximum absolute atomic E-state index is 13.8. The second-order valence-corrected chi connectivity index (χ2v) is 7.50. The Labute approximate surface area is 168 Å². The van der Waals surface area contributed by atoms with E-state index in [9.17, 15) is 14.3 Å². The van der Waals surface area contributed by atoms with Gasteiger partial charge in [-0.05, 0) is 53.4 Å². The molecule has 0 bridgehead atoms. The number of nitrogens with zero attached hydrogens (tertiary/aromatic N) is 1. The van der Waals surface area contributed by atoms with Crippen molar-refractivity contribution in [3.63, 3.8) is 0 Å². The fraction of sp³-hybridized carbons (Fsp3) is 0.208. The summed E-state index contributed by atoms with van der Waals surface area (Å²) in [4.78, 5) is 12.4. The molecule has 29 heavy (non-hydrogen) atoms. The van der Waals surface area contributed by atoms with E-state index < -0.39 is 5.97 Å². The van der Waals surface area contributed by atoms with Gasteiger partial charge < -0.3 is 14.4 Å². The summed E-state index contributed by atoms with van der Waals surface area (Å²) in [6.07, 6.45) is 0.